The van der Waals surface area contributed by atoms with E-state index in [0.717, 1.165) is 35.7 Å². The van der Waals surface area contributed by atoms with Crippen LogP contribution in [0.3, 0.4) is 0 Å². The summed E-state index contributed by atoms with van der Waals surface area (Å²) in [6.45, 7) is 2.64. The molecule has 1 aliphatic heterocycles. The zero-order valence-corrected chi connectivity index (χ0v) is 19.4. The molecule has 170 valence electrons. The Balaban J connectivity index is 1.53. The minimum atomic E-state index is 0.495. The Kier molecular flexibility index (Phi) is 6.61. The van der Waals surface area contributed by atoms with Crippen LogP contribution < -0.4 is 0 Å². The first-order chi connectivity index (χ1) is 16.3. The maximum absolute atomic E-state index is 5.97. The lowest BCUT2D eigenvalue weighted by molar-refractivity contribution is 0.239. The van der Waals surface area contributed by atoms with Crippen LogP contribution in [0.2, 0.25) is 0 Å². The van der Waals surface area contributed by atoms with Crippen LogP contribution in [0.15, 0.2) is 77.3 Å². The van der Waals surface area contributed by atoms with E-state index in [9.17, 15) is 0 Å². The zero-order chi connectivity index (χ0) is 22.5. The van der Waals surface area contributed by atoms with Gasteiger partial charge < -0.3 is 14.7 Å². The van der Waals surface area contributed by atoms with Crippen molar-refractivity contribution >= 4 is 11.8 Å². The van der Waals surface area contributed by atoms with E-state index in [0.29, 0.717) is 12.5 Å². The second kappa shape index (κ2) is 10.1. The molecular weight excluding hydrogens is 406 g/mol. The van der Waals surface area contributed by atoms with Crippen molar-refractivity contribution in [3.8, 4) is 0 Å². The molecule has 0 saturated heterocycles. The third kappa shape index (κ3) is 5.05. The van der Waals surface area contributed by atoms with E-state index in [4.69, 9.17) is 9.73 Å². The van der Waals surface area contributed by atoms with Gasteiger partial charge in [-0.05, 0) is 73.9 Å². The lowest BCUT2D eigenvalue weighted by atomic mass is 9.86. The molecule has 0 radical (unpaired) electrons. The predicted molar refractivity (Wildman–Crippen MR) is 135 cm³/mol. The highest BCUT2D eigenvalue weighted by molar-refractivity contribution is 6.11. The number of aryl methyl sites for hydroxylation is 1. The summed E-state index contributed by atoms with van der Waals surface area (Å²) in [5.74, 6) is 1.34. The van der Waals surface area contributed by atoms with Gasteiger partial charge in [0.25, 0.3) is 0 Å². The number of allylic oxidation sites excluding steroid dienone is 1. The van der Waals surface area contributed by atoms with Gasteiger partial charge in [-0.25, -0.2) is 4.99 Å². The summed E-state index contributed by atoms with van der Waals surface area (Å²) < 4.78 is 5.97. The van der Waals surface area contributed by atoms with Crippen LogP contribution in [0.4, 0.5) is 0 Å². The maximum atomic E-state index is 5.97. The largest absolute Gasteiger partial charge is 0.492 e. The number of hydrogen-bond acceptors (Lipinski definition) is 2. The topological polar surface area (TPSA) is 53.2 Å². The summed E-state index contributed by atoms with van der Waals surface area (Å²) in [5, 5.41) is 0. The summed E-state index contributed by atoms with van der Waals surface area (Å²) >= 11 is 0. The van der Waals surface area contributed by atoms with E-state index in [2.05, 4.69) is 52.4 Å². The smallest absolute Gasteiger partial charge is 0.147 e. The van der Waals surface area contributed by atoms with Crippen LogP contribution in [-0.4, -0.2) is 22.3 Å². The van der Waals surface area contributed by atoms with Gasteiger partial charge in [0.2, 0.25) is 0 Å². The summed E-state index contributed by atoms with van der Waals surface area (Å²) in [5.41, 5.74) is 8.17. The minimum Gasteiger partial charge on any atom is -0.492 e. The minimum absolute atomic E-state index is 0.495. The van der Waals surface area contributed by atoms with Crippen LogP contribution in [-0.2, 0) is 17.6 Å². The van der Waals surface area contributed by atoms with E-state index < -0.39 is 0 Å². The number of ether oxygens (including phenoxy) is 1. The summed E-state index contributed by atoms with van der Waals surface area (Å²) in [6, 6.07) is 17.4. The number of nitrogens with zero attached hydrogens (tertiary/aromatic N) is 1. The van der Waals surface area contributed by atoms with E-state index >= 15 is 0 Å². The molecular formula is C29H33N3O. The lowest BCUT2D eigenvalue weighted by Gasteiger charge is -2.18. The average Bonchev–Trinajstić information content (AvgIpc) is 3.57. The molecule has 0 spiro atoms. The molecule has 5 rings (SSSR count). The molecule has 0 fully saturated rings. The molecule has 2 N–H and O–H groups in total. The molecule has 33 heavy (non-hydrogen) atoms. The molecule has 1 atom stereocenters. The number of fused-ring (bicyclic) bond motifs is 2. The third-order valence-corrected chi connectivity index (χ3v) is 6.67. The molecule has 0 saturated carbocycles. The van der Waals surface area contributed by atoms with Crippen LogP contribution in [0, 0.1) is 0 Å². The molecule has 0 amide bonds. The number of aromatic nitrogens is 2. The lowest BCUT2D eigenvalue weighted by Crippen LogP contribution is -2.05. The van der Waals surface area contributed by atoms with E-state index in [1.807, 2.05) is 31.3 Å². The van der Waals surface area contributed by atoms with Crippen molar-refractivity contribution < 1.29 is 4.74 Å². The molecule has 1 unspecified atom stereocenters. The quantitative estimate of drug-likeness (QED) is 0.429. The summed E-state index contributed by atoms with van der Waals surface area (Å²) in [4.78, 5) is 11.9. The highest BCUT2D eigenvalue weighted by atomic mass is 16.5. The Bertz CT molecular complexity index is 1150. The van der Waals surface area contributed by atoms with Crippen molar-refractivity contribution in [3.05, 3.63) is 100 Å². The molecule has 3 heterocycles. The fraction of sp³-hybridized carbons (Fsp3) is 0.345. The fourth-order valence-corrected chi connectivity index (χ4v) is 5.02. The van der Waals surface area contributed by atoms with Crippen LogP contribution in [0.5, 0.6) is 0 Å². The first kappa shape index (κ1) is 21.6. The third-order valence-electron chi connectivity index (χ3n) is 6.67. The van der Waals surface area contributed by atoms with Crippen LogP contribution >= 0.6 is 0 Å². The van der Waals surface area contributed by atoms with Crippen molar-refractivity contribution in [3.63, 3.8) is 0 Å². The molecule has 2 bridgehead atoms. The fourth-order valence-electron chi connectivity index (χ4n) is 5.02. The van der Waals surface area contributed by atoms with Crippen molar-refractivity contribution in [2.45, 2.75) is 57.8 Å². The number of aromatic amines is 2. The number of aliphatic imine (C=N–C) groups is 1. The zero-order valence-electron chi connectivity index (χ0n) is 19.4. The summed E-state index contributed by atoms with van der Waals surface area (Å²) in [6.07, 6.45) is 14.7. The van der Waals surface area contributed by atoms with E-state index in [1.54, 1.807) is 0 Å². The molecule has 4 nitrogen and oxygen atoms in total. The second-order valence-electron chi connectivity index (χ2n) is 9.06. The molecule has 4 heteroatoms. The maximum Gasteiger partial charge on any atom is 0.147 e. The van der Waals surface area contributed by atoms with Gasteiger partial charge in [0.15, 0.2) is 0 Å². The SMILES string of the molecule is CCOC1=CC(c2ccc[nH]2)=NC1=Cc1[nH]c2cc1C(Cc1ccccc1)CCCCCC2. The van der Waals surface area contributed by atoms with Gasteiger partial charge >= 0.3 is 0 Å². The number of hydrogen-bond donors (Lipinski definition) is 2. The Labute approximate surface area is 196 Å². The average molecular weight is 440 g/mol. The van der Waals surface area contributed by atoms with Gasteiger partial charge in [-0.3, -0.25) is 0 Å². The Hall–Kier alpha value is -3.27. The van der Waals surface area contributed by atoms with Crippen LogP contribution in [0.1, 0.15) is 73.2 Å². The van der Waals surface area contributed by atoms with Gasteiger partial charge in [0.05, 0.1) is 18.0 Å². The highest BCUT2D eigenvalue weighted by Gasteiger charge is 2.22. The second-order valence-corrected chi connectivity index (χ2v) is 9.06. The molecule has 2 aliphatic rings. The standard InChI is InChI=1S/C29H33N3O/c1-2-33-29-20-27(25-15-10-16-30-25)32-28(29)19-26-24-18-23(31-26)14-9-4-3-8-13-22(24)17-21-11-6-5-7-12-21/h5-7,10-12,15-16,18-20,22,30-31H,2-4,8-9,13-14,17H2,1H3. The van der Waals surface area contributed by atoms with Gasteiger partial charge in [0.1, 0.15) is 11.5 Å². The Morgan fingerprint density at radius 3 is 2.76 bits per heavy atom. The highest BCUT2D eigenvalue weighted by Crippen LogP contribution is 2.34. The number of rotatable bonds is 6. The number of H-pyrrole nitrogens is 2. The Morgan fingerprint density at radius 1 is 1.06 bits per heavy atom. The van der Waals surface area contributed by atoms with E-state index in [-0.39, 0.29) is 0 Å². The predicted octanol–water partition coefficient (Wildman–Crippen LogP) is 6.94. The van der Waals surface area contributed by atoms with Gasteiger partial charge in [-0.1, -0.05) is 49.6 Å². The molecule has 2 aromatic heterocycles. The first-order valence-corrected chi connectivity index (χ1v) is 12.3. The number of nitrogens with one attached hydrogen (secondary N) is 2. The Morgan fingerprint density at radius 2 is 1.94 bits per heavy atom. The van der Waals surface area contributed by atoms with Gasteiger partial charge in [0, 0.05) is 23.7 Å². The number of benzene rings is 1. The first-order valence-electron chi connectivity index (χ1n) is 12.3. The monoisotopic (exact) mass is 439 g/mol. The summed E-state index contributed by atoms with van der Waals surface area (Å²) in [7, 11) is 0. The van der Waals surface area contributed by atoms with Crippen molar-refractivity contribution in [1.29, 1.82) is 0 Å². The van der Waals surface area contributed by atoms with Crippen LogP contribution in [0.25, 0.3) is 6.08 Å². The van der Waals surface area contributed by atoms with Gasteiger partial charge in [-0.15, -0.1) is 0 Å². The van der Waals surface area contributed by atoms with Crippen molar-refractivity contribution in [2.24, 2.45) is 4.99 Å². The molecule has 1 aliphatic carbocycles. The molecule has 1 aromatic carbocycles. The van der Waals surface area contributed by atoms with E-state index in [1.165, 1.54) is 54.6 Å². The normalized spacial score (nSPS) is 19.9. The van der Waals surface area contributed by atoms with Gasteiger partial charge in [-0.2, -0.15) is 0 Å². The van der Waals surface area contributed by atoms with Crippen molar-refractivity contribution in [1.82, 2.24) is 9.97 Å². The van der Waals surface area contributed by atoms with Crippen molar-refractivity contribution in [2.75, 3.05) is 6.61 Å². The molecule has 3 aromatic rings.